The molecule has 29 rings (SSSR count). The number of pyridine rings is 9. The fourth-order valence-electron chi connectivity index (χ4n) is 20.9. The van der Waals surface area contributed by atoms with Gasteiger partial charge >= 0.3 is 0 Å². The van der Waals surface area contributed by atoms with Gasteiger partial charge in [-0.25, -0.2) is 34.9 Å². The second-order valence-electron chi connectivity index (χ2n) is 35.8. The molecule has 0 amide bonds. The summed E-state index contributed by atoms with van der Waals surface area (Å²) in [6.45, 7) is 0. The largest absolute Gasteiger partial charge is 0.307 e. The van der Waals surface area contributed by atoms with Crippen LogP contribution in [0.3, 0.4) is 0 Å². The summed E-state index contributed by atoms with van der Waals surface area (Å²) in [5.41, 5.74) is 35.1. The molecule has 12 nitrogen and oxygen atoms in total. The number of benzene rings is 17. The van der Waals surface area contributed by atoms with Crippen LogP contribution in [0, 0.1) is 0 Å². The van der Waals surface area contributed by atoms with Gasteiger partial charge in [0.2, 0.25) is 0 Å². The first-order valence-electron chi connectivity index (χ1n) is 47.5. The molecule has 29 aromatic rings. The normalized spacial score (nSPS) is 11.7. The van der Waals surface area contributed by atoms with Crippen molar-refractivity contribution in [3.63, 3.8) is 0 Å². The third kappa shape index (κ3) is 14.1. The van der Waals surface area contributed by atoms with Crippen molar-refractivity contribution in [1.82, 2.24) is 58.6 Å². The summed E-state index contributed by atoms with van der Waals surface area (Å²) in [4.78, 5) is 45.4. The van der Waals surface area contributed by atoms with E-state index in [1.807, 2.05) is 42.7 Å². The summed E-state index contributed by atoms with van der Waals surface area (Å²) in [6.07, 6.45) is 3.66. The van der Waals surface area contributed by atoms with Crippen LogP contribution in [-0.2, 0) is 0 Å². The van der Waals surface area contributed by atoms with Gasteiger partial charge in [-0.2, -0.15) is 0 Å². The van der Waals surface area contributed by atoms with Crippen LogP contribution in [0.5, 0.6) is 0 Å². The molecule has 0 unspecified atom stereocenters. The van der Waals surface area contributed by atoms with Crippen molar-refractivity contribution in [2.45, 2.75) is 0 Å². The zero-order valence-corrected chi connectivity index (χ0v) is 76.1. The Morgan fingerprint density at radius 1 is 0.149 bits per heavy atom. The van der Waals surface area contributed by atoms with Crippen molar-refractivity contribution in [1.29, 1.82) is 0 Å². The van der Waals surface area contributed by atoms with E-state index in [0.717, 1.165) is 238 Å². The third-order valence-corrected chi connectivity index (χ3v) is 27.6. The molecule has 12 aromatic heterocycles. The Kier molecular flexibility index (Phi) is 19.6. The van der Waals surface area contributed by atoms with Crippen LogP contribution in [0.25, 0.3) is 271 Å². The van der Waals surface area contributed by atoms with E-state index >= 15 is 0 Å². The fourth-order valence-corrected chi connectivity index (χ4v) is 20.9. The predicted octanol–water partition coefficient (Wildman–Crippen LogP) is 32.6. The minimum absolute atomic E-state index is 0.907. The zero-order chi connectivity index (χ0) is 93.0. The molecule has 12 heterocycles. The van der Waals surface area contributed by atoms with Gasteiger partial charge in [0.25, 0.3) is 0 Å². The lowest BCUT2D eigenvalue weighted by atomic mass is 10.0. The van der Waals surface area contributed by atoms with Crippen LogP contribution < -0.4 is 0 Å². The van der Waals surface area contributed by atoms with E-state index in [1.54, 1.807) is 0 Å². The van der Waals surface area contributed by atoms with Gasteiger partial charge < -0.3 is 13.7 Å². The summed E-state index contributed by atoms with van der Waals surface area (Å²) >= 11 is 0. The molecule has 12 heteroatoms. The van der Waals surface area contributed by atoms with Crippen LogP contribution in [0.2, 0.25) is 0 Å². The maximum absolute atomic E-state index is 5.26. The van der Waals surface area contributed by atoms with Gasteiger partial charge in [-0.1, -0.05) is 364 Å². The van der Waals surface area contributed by atoms with E-state index in [9.17, 15) is 0 Å². The van der Waals surface area contributed by atoms with Gasteiger partial charge in [0.05, 0.1) is 123 Å². The average Bonchev–Trinajstić information content (AvgIpc) is 1.57. The predicted molar refractivity (Wildman–Crippen MR) is 584 cm³/mol. The SMILES string of the molecule is c1ccc(-c2ccc3ccc4ccc(-c5ccc(-n6c7ccccc7c7c8ccccc8nc(-c8ccccc8)c76)cc5)nc4c3n2)cc1.c1ccc(-c2nc3ccccc3c3c4ccccc4n(-c4ccc(-c5ccc(-c6ccc7ccc8cccnc8c7n6)cc5)cc4)c23)cc1.c1ccc(-c2nc3ccccc3c3c4ccccc4n(-c4ccc(-c5ccc6ccc7cccnc7c6n5)cc4)c23)cc1. The fraction of sp³-hybridized carbons (Fsp3) is 0. The van der Waals surface area contributed by atoms with Crippen molar-refractivity contribution < 1.29 is 0 Å². The summed E-state index contributed by atoms with van der Waals surface area (Å²) in [6, 6.07) is 166. The minimum Gasteiger partial charge on any atom is -0.307 e. The lowest BCUT2D eigenvalue weighted by molar-refractivity contribution is 1.17. The second kappa shape index (κ2) is 34.0. The van der Waals surface area contributed by atoms with Gasteiger partial charge in [0.1, 0.15) is 0 Å². The second-order valence-corrected chi connectivity index (χ2v) is 35.8. The van der Waals surface area contributed by atoms with Gasteiger partial charge in [0, 0.05) is 149 Å². The molecule has 0 radical (unpaired) electrons. The summed E-state index contributed by atoms with van der Waals surface area (Å²) in [5.74, 6) is 0. The highest BCUT2D eigenvalue weighted by Crippen LogP contribution is 2.47. The quantitative estimate of drug-likeness (QED) is 0.116. The van der Waals surface area contributed by atoms with Crippen molar-refractivity contribution in [3.05, 3.63) is 486 Å². The molecule has 141 heavy (non-hydrogen) atoms. The van der Waals surface area contributed by atoms with Gasteiger partial charge in [-0.05, 0) is 120 Å². The molecule has 0 saturated heterocycles. The van der Waals surface area contributed by atoms with Crippen molar-refractivity contribution in [2.24, 2.45) is 0 Å². The molecule has 656 valence electrons. The molecule has 0 atom stereocenters. The molecule has 0 saturated carbocycles. The lowest BCUT2D eigenvalue weighted by Crippen LogP contribution is -1.98. The van der Waals surface area contributed by atoms with Crippen molar-refractivity contribution >= 4 is 164 Å². The highest BCUT2D eigenvalue weighted by molar-refractivity contribution is 6.27. The summed E-state index contributed by atoms with van der Waals surface area (Å²) in [7, 11) is 0. The molecular weight excluding hydrogens is 1720 g/mol. The third-order valence-electron chi connectivity index (χ3n) is 27.6. The highest BCUT2D eigenvalue weighted by atomic mass is 15.0. The van der Waals surface area contributed by atoms with Gasteiger partial charge in [-0.3, -0.25) is 9.97 Å². The number of hydrogen-bond donors (Lipinski definition) is 0. The number of rotatable bonds is 11. The molecule has 0 fully saturated rings. The Morgan fingerprint density at radius 2 is 0.376 bits per heavy atom. The van der Waals surface area contributed by atoms with E-state index in [4.69, 9.17) is 34.9 Å². The van der Waals surface area contributed by atoms with Crippen LogP contribution in [0.15, 0.2) is 486 Å². The van der Waals surface area contributed by atoms with E-state index in [-0.39, 0.29) is 0 Å². The molecule has 0 aliphatic heterocycles. The highest BCUT2D eigenvalue weighted by Gasteiger charge is 2.26. The maximum atomic E-state index is 5.26. The van der Waals surface area contributed by atoms with Crippen molar-refractivity contribution in [3.8, 4) is 107 Å². The molecule has 0 aliphatic carbocycles. The Hall–Kier alpha value is -19.2. The Bertz CT molecular complexity index is 10000. The van der Waals surface area contributed by atoms with Gasteiger partial charge in [0.15, 0.2) is 0 Å². The lowest BCUT2D eigenvalue weighted by Gasteiger charge is -2.13. The van der Waals surface area contributed by atoms with Crippen LogP contribution in [0.1, 0.15) is 0 Å². The number of hydrogen-bond acceptors (Lipinski definition) is 9. The summed E-state index contributed by atoms with van der Waals surface area (Å²) < 4.78 is 7.11. The first-order chi connectivity index (χ1) is 69.9. The number of fused-ring (bicyclic) bond motifs is 24. The van der Waals surface area contributed by atoms with Crippen molar-refractivity contribution in [2.75, 3.05) is 0 Å². The standard InChI is InChI=1S/2C45H28N4.C39H24N4/c1-3-11-29(12-4-1)37-27-23-32-19-20-33-24-28-38(47-43(33)42(32)46-37)30-21-25-34(26-22-30)49-40-18-10-8-16-36(40)41-35-15-7-9-17-39(35)48-44(45(41)49)31-13-5-2-6-14-31;1-2-9-32(10-3-1)44-45-41(36-12-4-6-14-39(36)48-44)37-13-5-7-15-40(37)49(45)35-25-22-30(23-26-35)29-16-18-31(19-17-29)38-27-24-34-21-20-33-11-8-28-46-42(33)43(34)47-38;1-2-9-26(10-3-1)38-39-35(30-12-4-6-14-33(30)42-38)31-13-5-7-15-34(31)43(39)29-21-18-25(19-22-29)32-23-20-28-17-16-27-11-8-24-40-36(27)37(28)41-32/h2*1-28H;1-24H. The number of para-hydroxylation sites is 6. The first-order valence-corrected chi connectivity index (χ1v) is 47.5. The van der Waals surface area contributed by atoms with E-state index in [2.05, 4.69) is 467 Å². The molecule has 0 aliphatic rings. The molecular formula is C129H80N12. The first kappa shape index (κ1) is 81.4. The molecule has 0 spiro atoms. The van der Waals surface area contributed by atoms with Crippen LogP contribution in [0.4, 0.5) is 0 Å². The number of aromatic nitrogens is 12. The maximum Gasteiger partial charge on any atom is 0.0972 e. The minimum atomic E-state index is 0.907. The van der Waals surface area contributed by atoms with E-state index in [0.29, 0.717) is 0 Å². The van der Waals surface area contributed by atoms with Crippen LogP contribution >= 0.6 is 0 Å². The summed E-state index contributed by atoms with van der Waals surface area (Å²) in [5, 5.41) is 17.3. The van der Waals surface area contributed by atoms with Gasteiger partial charge in [-0.15, -0.1) is 0 Å². The van der Waals surface area contributed by atoms with E-state index < -0.39 is 0 Å². The smallest absolute Gasteiger partial charge is 0.0972 e. The molecule has 0 bridgehead atoms. The Morgan fingerprint density at radius 3 is 0.688 bits per heavy atom. The van der Waals surface area contributed by atoms with Crippen LogP contribution in [-0.4, -0.2) is 58.6 Å². The zero-order valence-electron chi connectivity index (χ0n) is 76.1. The molecule has 17 aromatic carbocycles. The Labute approximate surface area is 809 Å². The molecule has 0 N–H and O–H groups in total. The average molecular weight is 1800 g/mol. The Balaban J connectivity index is 0.000000106. The number of nitrogens with zero attached hydrogens (tertiary/aromatic N) is 12. The topological polar surface area (TPSA) is 131 Å². The monoisotopic (exact) mass is 1800 g/mol. The van der Waals surface area contributed by atoms with E-state index in [1.165, 1.54) is 32.3 Å².